The number of halogens is 1. The molecule has 0 aromatic heterocycles. The molecule has 3 heteroatoms. The molecule has 0 bridgehead atoms. The van der Waals surface area contributed by atoms with Gasteiger partial charge in [-0.3, -0.25) is 0 Å². The fourth-order valence-electron chi connectivity index (χ4n) is 2.71. The first-order valence-electron chi connectivity index (χ1n) is 6.56. The van der Waals surface area contributed by atoms with Crippen LogP contribution >= 0.6 is 12.4 Å². The summed E-state index contributed by atoms with van der Waals surface area (Å²) in [4.78, 5) is 2.55. The Kier molecular flexibility index (Phi) is 6.18. The third kappa shape index (κ3) is 3.73. The first-order valence-corrected chi connectivity index (χ1v) is 6.56. The van der Waals surface area contributed by atoms with Crippen molar-refractivity contribution in [2.45, 2.75) is 32.1 Å². The highest BCUT2D eigenvalue weighted by Gasteiger charge is 2.20. The fourth-order valence-corrected chi connectivity index (χ4v) is 2.71. The van der Waals surface area contributed by atoms with Crippen LogP contribution in [0, 0.1) is 11.3 Å². The number of piperidine rings is 1. The highest BCUT2D eigenvalue weighted by atomic mass is 35.5. The van der Waals surface area contributed by atoms with Gasteiger partial charge in [0, 0.05) is 6.54 Å². The fraction of sp³-hybridized carbons (Fsp3) is 0.533. The summed E-state index contributed by atoms with van der Waals surface area (Å²) in [6.07, 6.45) is 3.77. The predicted octanol–water partition coefficient (Wildman–Crippen LogP) is 3.57. The van der Waals surface area contributed by atoms with Crippen LogP contribution in [0.25, 0.3) is 0 Å². The summed E-state index contributed by atoms with van der Waals surface area (Å²) in [6, 6.07) is 10.3. The van der Waals surface area contributed by atoms with E-state index >= 15 is 0 Å². The quantitative estimate of drug-likeness (QED) is 0.835. The van der Waals surface area contributed by atoms with E-state index in [2.05, 4.69) is 30.0 Å². The smallest absolute Gasteiger partial charge is 0.0991 e. The summed E-state index contributed by atoms with van der Waals surface area (Å²) in [5.41, 5.74) is 2.12. The topological polar surface area (TPSA) is 27.0 Å². The average Bonchev–Trinajstić information content (AvgIpc) is 2.40. The van der Waals surface area contributed by atoms with Crippen molar-refractivity contribution in [1.82, 2.24) is 4.90 Å². The lowest BCUT2D eigenvalue weighted by Gasteiger charge is -2.32. The molecule has 1 atom stereocenters. The zero-order chi connectivity index (χ0) is 12.1. The minimum absolute atomic E-state index is 0. The molecule has 1 saturated heterocycles. The van der Waals surface area contributed by atoms with Crippen LogP contribution in [0.1, 0.15) is 43.2 Å². The van der Waals surface area contributed by atoms with Crippen molar-refractivity contribution in [3.05, 3.63) is 35.4 Å². The van der Waals surface area contributed by atoms with Crippen LogP contribution in [-0.2, 0) is 0 Å². The van der Waals surface area contributed by atoms with Gasteiger partial charge in [0.25, 0.3) is 0 Å². The van der Waals surface area contributed by atoms with Crippen molar-refractivity contribution < 1.29 is 0 Å². The minimum atomic E-state index is 0. The monoisotopic (exact) mass is 264 g/mol. The molecule has 1 aromatic carbocycles. The predicted molar refractivity (Wildman–Crippen MR) is 77.1 cm³/mol. The van der Waals surface area contributed by atoms with Crippen molar-refractivity contribution in [2.24, 2.45) is 0 Å². The molecule has 0 aliphatic carbocycles. The molecule has 0 unspecified atom stereocenters. The van der Waals surface area contributed by atoms with Crippen molar-refractivity contribution >= 4 is 12.4 Å². The Bertz CT molecular complexity index is 409. The van der Waals surface area contributed by atoms with Gasteiger partial charge in [0.2, 0.25) is 0 Å². The first kappa shape index (κ1) is 15.0. The molecule has 0 spiro atoms. The second-order valence-electron chi connectivity index (χ2n) is 4.88. The number of benzene rings is 1. The maximum absolute atomic E-state index is 8.94. The molecule has 1 heterocycles. The van der Waals surface area contributed by atoms with Gasteiger partial charge >= 0.3 is 0 Å². The molecular weight excluding hydrogens is 244 g/mol. The third-order valence-corrected chi connectivity index (χ3v) is 3.53. The van der Waals surface area contributed by atoms with Crippen LogP contribution < -0.4 is 0 Å². The summed E-state index contributed by atoms with van der Waals surface area (Å²) in [5, 5.41) is 8.94. The molecule has 1 aromatic rings. The highest BCUT2D eigenvalue weighted by molar-refractivity contribution is 5.85. The van der Waals surface area contributed by atoms with Crippen LogP contribution in [0.5, 0.6) is 0 Å². The molecule has 0 N–H and O–H groups in total. The Morgan fingerprint density at radius 2 is 2.28 bits per heavy atom. The van der Waals surface area contributed by atoms with Crippen LogP contribution in [0.2, 0.25) is 0 Å². The number of hydrogen-bond donors (Lipinski definition) is 0. The maximum Gasteiger partial charge on any atom is 0.0991 e. The minimum Gasteiger partial charge on any atom is -0.303 e. The molecular formula is C15H21ClN2. The van der Waals surface area contributed by atoms with Gasteiger partial charge in [-0.1, -0.05) is 19.1 Å². The van der Waals surface area contributed by atoms with E-state index in [1.54, 1.807) is 0 Å². The Hall–Kier alpha value is -1.04. The second kappa shape index (κ2) is 7.41. The van der Waals surface area contributed by atoms with Crippen molar-refractivity contribution in [2.75, 3.05) is 19.6 Å². The summed E-state index contributed by atoms with van der Waals surface area (Å²) in [5.74, 6) is 0.614. The van der Waals surface area contributed by atoms with Crippen LogP contribution in [0.4, 0.5) is 0 Å². The van der Waals surface area contributed by atoms with Crippen molar-refractivity contribution in [3.63, 3.8) is 0 Å². The van der Waals surface area contributed by atoms with Crippen LogP contribution in [0.15, 0.2) is 24.3 Å². The lowest BCUT2D eigenvalue weighted by atomic mass is 9.90. The van der Waals surface area contributed by atoms with Gasteiger partial charge in [-0.15, -0.1) is 12.4 Å². The van der Waals surface area contributed by atoms with E-state index in [9.17, 15) is 0 Å². The number of likely N-dealkylation sites (tertiary alicyclic amines) is 1. The lowest BCUT2D eigenvalue weighted by molar-refractivity contribution is 0.208. The molecule has 18 heavy (non-hydrogen) atoms. The summed E-state index contributed by atoms with van der Waals surface area (Å²) >= 11 is 0. The van der Waals surface area contributed by atoms with Gasteiger partial charge in [0.15, 0.2) is 0 Å². The molecule has 1 fully saturated rings. The van der Waals surface area contributed by atoms with Crippen molar-refractivity contribution in [1.29, 1.82) is 5.26 Å². The molecule has 1 aliphatic rings. The number of nitriles is 1. The zero-order valence-corrected chi connectivity index (χ0v) is 11.7. The van der Waals surface area contributed by atoms with E-state index in [1.165, 1.54) is 37.9 Å². The normalized spacial score (nSPS) is 19.9. The van der Waals surface area contributed by atoms with E-state index in [-0.39, 0.29) is 12.4 Å². The van der Waals surface area contributed by atoms with Gasteiger partial charge in [-0.2, -0.15) is 5.26 Å². The van der Waals surface area contributed by atoms with E-state index in [4.69, 9.17) is 5.26 Å². The van der Waals surface area contributed by atoms with Gasteiger partial charge in [0.05, 0.1) is 11.6 Å². The van der Waals surface area contributed by atoms with Crippen LogP contribution in [0.3, 0.4) is 0 Å². The Balaban J connectivity index is 0.00000162. The molecule has 0 amide bonds. The highest BCUT2D eigenvalue weighted by Crippen LogP contribution is 2.27. The number of hydrogen-bond acceptors (Lipinski definition) is 2. The van der Waals surface area contributed by atoms with Gasteiger partial charge in [0.1, 0.15) is 0 Å². The first-order chi connectivity index (χ1) is 8.33. The van der Waals surface area contributed by atoms with Gasteiger partial charge in [-0.05, 0) is 56.0 Å². The van der Waals surface area contributed by atoms with E-state index in [1.807, 2.05) is 12.1 Å². The summed E-state index contributed by atoms with van der Waals surface area (Å²) in [7, 11) is 0. The molecule has 1 aliphatic heterocycles. The summed E-state index contributed by atoms with van der Waals surface area (Å²) < 4.78 is 0. The van der Waals surface area contributed by atoms with Crippen molar-refractivity contribution in [3.8, 4) is 6.07 Å². The van der Waals surface area contributed by atoms with Crippen LogP contribution in [-0.4, -0.2) is 24.5 Å². The average molecular weight is 265 g/mol. The Labute approximate surface area is 116 Å². The van der Waals surface area contributed by atoms with E-state index in [0.717, 1.165) is 12.1 Å². The second-order valence-corrected chi connectivity index (χ2v) is 4.88. The molecule has 2 nitrogen and oxygen atoms in total. The third-order valence-electron chi connectivity index (χ3n) is 3.53. The molecule has 0 radical (unpaired) electrons. The largest absolute Gasteiger partial charge is 0.303 e. The van der Waals surface area contributed by atoms with Gasteiger partial charge in [-0.25, -0.2) is 0 Å². The molecule has 98 valence electrons. The molecule has 0 saturated carbocycles. The standard InChI is InChI=1S/C15H20N2.ClH/c1-2-8-17-9-4-7-15(12-17)14-6-3-5-13(10-14)11-16;/h3,5-6,10,15H,2,4,7-9,12H2,1H3;1H/t15-;/m1./s1. The number of nitrogens with zero attached hydrogens (tertiary/aromatic N) is 2. The maximum atomic E-state index is 8.94. The van der Waals surface area contributed by atoms with Gasteiger partial charge < -0.3 is 4.90 Å². The molecule has 2 rings (SSSR count). The van der Waals surface area contributed by atoms with E-state index < -0.39 is 0 Å². The Morgan fingerprint density at radius 3 is 3.00 bits per heavy atom. The SMILES string of the molecule is CCCN1CCC[C@@H](c2cccc(C#N)c2)C1.Cl. The zero-order valence-electron chi connectivity index (χ0n) is 10.9. The Morgan fingerprint density at radius 1 is 1.44 bits per heavy atom. The lowest BCUT2D eigenvalue weighted by Crippen LogP contribution is -2.34. The van der Waals surface area contributed by atoms with E-state index in [0.29, 0.717) is 5.92 Å². The summed E-state index contributed by atoms with van der Waals surface area (Å²) in [6.45, 7) is 5.83. The number of rotatable bonds is 3.